The monoisotopic (exact) mass is 541 g/mol. The van der Waals surface area contributed by atoms with Crippen LogP contribution < -0.4 is 0 Å². The van der Waals surface area contributed by atoms with Gasteiger partial charge in [-0.05, 0) is 66.0 Å². The van der Waals surface area contributed by atoms with E-state index in [1.807, 2.05) is 60.7 Å². The Hall–Kier alpha value is -1.34. The Labute approximate surface area is 215 Å². The molecule has 1 atom stereocenters. The van der Waals surface area contributed by atoms with Gasteiger partial charge in [0.1, 0.15) is 0 Å². The van der Waals surface area contributed by atoms with Crippen molar-refractivity contribution in [2.45, 2.75) is 78.5 Å². The second-order valence-electron chi connectivity index (χ2n) is 10.2. The van der Waals surface area contributed by atoms with E-state index >= 15 is 0 Å². The number of rotatable bonds is 14. The summed E-state index contributed by atoms with van der Waals surface area (Å²) in [5.74, 6) is 0. The van der Waals surface area contributed by atoms with Crippen LogP contribution in [0, 0.1) is 6.92 Å². The lowest BCUT2D eigenvalue weighted by Gasteiger charge is -2.32. The fraction of sp³-hybridized carbons (Fsp3) is 0.500. The van der Waals surface area contributed by atoms with Crippen LogP contribution in [0.5, 0.6) is 0 Å². The molecule has 0 bridgehead atoms. The molecule has 201 valence electrons. The van der Waals surface area contributed by atoms with E-state index < -0.39 is 33.0 Å². The van der Waals surface area contributed by atoms with E-state index in [2.05, 4.69) is 6.92 Å². The molecule has 2 aromatic carbocycles. The van der Waals surface area contributed by atoms with E-state index in [1.54, 1.807) is 41.5 Å². The Morgan fingerprint density at radius 1 is 0.694 bits per heavy atom. The van der Waals surface area contributed by atoms with Gasteiger partial charge >= 0.3 is 15.6 Å². The lowest BCUT2D eigenvalue weighted by Crippen LogP contribution is -2.26. The predicted octanol–water partition coefficient (Wildman–Crippen LogP) is 7.89. The summed E-state index contributed by atoms with van der Waals surface area (Å²) in [6.45, 7) is 14.4. The third-order valence-electron chi connectivity index (χ3n) is 4.20. The number of benzene rings is 2. The normalized spacial score (nSPS) is 14.1. The molecule has 0 amide bonds. The molecule has 8 nitrogen and oxygen atoms in total. The van der Waals surface area contributed by atoms with Crippen molar-refractivity contribution in [2.75, 3.05) is 6.61 Å². The minimum Gasteiger partial charge on any atom is -0.287 e. The highest BCUT2D eigenvalue weighted by atomic mass is 31.2. The average molecular weight is 542 g/mol. The topological polar surface area (TPSA) is 89.5 Å². The minimum absolute atomic E-state index is 0.0469. The molecule has 10 heteroatoms. The summed E-state index contributed by atoms with van der Waals surface area (Å²) >= 11 is 0. The molecule has 0 aromatic heterocycles. The van der Waals surface area contributed by atoms with Crippen molar-refractivity contribution in [1.29, 1.82) is 0 Å². The molecule has 2 rings (SSSR count). The van der Waals surface area contributed by atoms with Gasteiger partial charge in [0, 0.05) is 0 Å². The molecule has 0 heterocycles. The van der Waals surface area contributed by atoms with Gasteiger partial charge in [-0.1, -0.05) is 60.7 Å². The van der Waals surface area contributed by atoms with Gasteiger partial charge in [0.25, 0.3) is 0 Å². The maximum atomic E-state index is 13.4. The molecule has 0 saturated heterocycles. The van der Waals surface area contributed by atoms with Crippen molar-refractivity contribution in [3.63, 3.8) is 0 Å². The lowest BCUT2D eigenvalue weighted by atomic mass is 10.2. The van der Waals surface area contributed by atoms with Gasteiger partial charge in [-0.2, -0.15) is 0 Å². The highest BCUT2D eigenvalue weighted by molar-refractivity contribution is 7.48. The number of phosphoric acid groups is 2. The van der Waals surface area contributed by atoms with E-state index in [1.165, 1.54) is 0 Å². The third-order valence-corrected chi connectivity index (χ3v) is 7.69. The molecule has 0 aliphatic heterocycles. The predicted molar refractivity (Wildman–Crippen MR) is 140 cm³/mol. The summed E-state index contributed by atoms with van der Waals surface area (Å²) in [5.41, 5.74) is 0.0946. The lowest BCUT2D eigenvalue weighted by molar-refractivity contribution is -0.00764. The molecule has 0 N–H and O–H groups in total. The number of phosphoric ester groups is 2. The Kier molecular flexibility index (Phi) is 11.5. The first-order chi connectivity index (χ1) is 16.7. The van der Waals surface area contributed by atoms with Gasteiger partial charge in [0.2, 0.25) is 0 Å². The Morgan fingerprint density at radius 3 is 1.50 bits per heavy atom. The summed E-state index contributed by atoms with van der Waals surface area (Å²) in [6.07, 6.45) is -0.699. The van der Waals surface area contributed by atoms with E-state index in [0.717, 1.165) is 11.1 Å². The van der Waals surface area contributed by atoms with Gasteiger partial charge in [-0.3, -0.25) is 27.1 Å². The summed E-state index contributed by atoms with van der Waals surface area (Å²) in [5, 5.41) is 0. The molecule has 2 aromatic rings. The van der Waals surface area contributed by atoms with Gasteiger partial charge < -0.3 is 0 Å². The van der Waals surface area contributed by atoms with Crippen LogP contribution in [0.1, 0.15) is 59.1 Å². The summed E-state index contributed by atoms with van der Waals surface area (Å²) in [6, 6.07) is 18.6. The maximum Gasteiger partial charge on any atom is 0.476 e. The fourth-order valence-electron chi connectivity index (χ4n) is 2.83. The first kappa shape index (κ1) is 30.9. The van der Waals surface area contributed by atoms with Crippen molar-refractivity contribution in [3.8, 4) is 0 Å². The van der Waals surface area contributed by atoms with Crippen LogP contribution in [0.3, 0.4) is 0 Å². The third kappa shape index (κ3) is 12.8. The second kappa shape index (κ2) is 13.5. The Bertz CT molecular complexity index is 933. The highest BCUT2D eigenvalue weighted by Crippen LogP contribution is 2.56. The Morgan fingerprint density at radius 2 is 1.11 bits per heavy atom. The quantitative estimate of drug-likeness (QED) is 0.223. The van der Waals surface area contributed by atoms with Crippen LogP contribution in [0.4, 0.5) is 0 Å². The first-order valence-corrected chi connectivity index (χ1v) is 14.7. The zero-order valence-electron chi connectivity index (χ0n) is 22.0. The van der Waals surface area contributed by atoms with Crippen molar-refractivity contribution >= 4 is 15.6 Å². The van der Waals surface area contributed by atoms with E-state index in [-0.39, 0.29) is 26.2 Å². The van der Waals surface area contributed by atoms with Crippen LogP contribution >= 0.6 is 15.6 Å². The molecule has 0 saturated carbocycles. The zero-order valence-corrected chi connectivity index (χ0v) is 23.8. The molecule has 1 unspecified atom stereocenters. The SMILES string of the molecule is [CH2]C(CCOP(=O)(OCc1ccccc1)OCc1ccccc1)OP(=O)(OC(C)(C)C)OC(C)(C)C. The van der Waals surface area contributed by atoms with Crippen LogP contribution in [0.15, 0.2) is 60.7 Å². The van der Waals surface area contributed by atoms with Gasteiger partial charge in [0.05, 0.1) is 37.1 Å². The molecule has 0 aliphatic carbocycles. The highest BCUT2D eigenvalue weighted by Gasteiger charge is 2.38. The molecular formula is C26H39O8P2. The average Bonchev–Trinajstić information content (AvgIpc) is 2.75. The van der Waals surface area contributed by atoms with Crippen LogP contribution in [0.2, 0.25) is 0 Å². The van der Waals surface area contributed by atoms with Crippen molar-refractivity contribution in [3.05, 3.63) is 78.7 Å². The molecule has 36 heavy (non-hydrogen) atoms. The largest absolute Gasteiger partial charge is 0.476 e. The van der Waals surface area contributed by atoms with E-state index in [0.29, 0.717) is 0 Å². The number of hydrogen-bond acceptors (Lipinski definition) is 8. The molecule has 0 spiro atoms. The van der Waals surface area contributed by atoms with E-state index in [4.69, 9.17) is 27.1 Å². The molecular weight excluding hydrogens is 502 g/mol. The molecule has 0 aliphatic rings. The van der Waals surface area contributed by atoms with Gasteiger partial charge in [0.15, 0.2) is 0 Å². The van der Waals surface area contributed by atoms with Crippen molar-refractivity contribution in [1.82, 2.24) is 0 Å². The van der Waals surface area contributed by atoms with Crippen LogP contribution in [-0.2, 0) is 49.5 Å². The Balaban J connectivity index is 2.01. The summed E-state index contributed by atoms with van der Waals surface area (Å²) in [4.78, 5) is 0. The fourth-order valence-corrected chi connectivity index (χ4v) is 5.93. The van der Waals surface area contributed by atoms with Crippen LogP contribution in [-0.4, -0.2) is 23.9 Å². The summed E-state index contributed by atoms with van der Waals surface area (Å²) in [7, 11) is -7.89. The molecule has 1 radical (unpaired) electrons. The number of hydrogen-bond donors (Lipinski definition) is 0. The zero-order chi connectivity index (χ0) is 26.9. The van der Waals surface area contributed by atoms with Crippen LogP contribution in [0.25, 0.3) is 0 Å². The maximum absolute atomic E-state index is 13.4. The van der Waals surface area contributed by atoms with Crippen molar-refractivity contribution in [2.24, 2.45) is 0 Å². The van der Waals surface area contributed by atoms with Gasteiger partial charge in [-0.25, -0.2) is 9.13 Å². The standard InChI is InChI=1S/C26H39O8P2/c1-22(32-36(28,33-25(2,3)4)34-26(5,6)7)18-19-29-35(27,30-20-23-14-10-8-11-15-23)31-21-24-16-12-9-13-17-24/h8-17,22H,1,18-21H2,2-7H3. The summed E-state index contributed by atoms with van der Waals surface area (Å²) < 4.78 is 60.3. The van der Waals surface area contributed by atoms with Gasteiger partial charge in [-0.15, -0.1) is 0 Å². The minimum atomic E-state index is -3.95. The van der Waals surface area contributed by atoms with E-state index in [9.17, 15) is 9.13 Å². The second-order valence-corrected chi connectivity index (χ2v) is 13.3. The smallest absolute Gasteiger partial charge is 0.287 e. The van der Waals surface area contributed by atoms with Crippen molar-refractivity contribution < 1.29 is 36.3 Å². The molecule has 0 fully saturated rings. The first-order valence-electron chi connectivity index (χ1n) is 11.8.